The first-order valence-corrected chi connectivity index (χ1v) is 5.11. The number of benzene rings is 1. The molecule has 2 heterocycles. The Balaban J connectivity index is 2.22. The number of anilines is 1. The van der Waals surface area contributed by atoms with E-state index >= 15 is 0 Å². The first kappa shape index (κ1) is 9.77. The number of nitrogens with zero attached hydrogens (tertiary/aromatic N) is 3. The summed E-state index contributed by atoms with van der Waals surface area (Å²) in [6.07, 6.45) is 1.65. The average Bonchev–Trinajstić information content (AvgIpc) is 2.72. The maximum atomic E-state index is 13.6. The molecular formula is C12H9FN4. The van der Waals surface area contributed by atoms with E-state index in [4.69, 9.17) is 5.73 Å². The molecule has 0 unspecified atom stereocenters. The summed E-state index contributed by atoms with van der Waals surface area (Å²) in [6, 6.07) is 9.88. The van der Waals surface area contributed by atoms with Crippen LogP contribution in [-0.2, 0) is 0 Å². The van der Waals surface area contributed by atoms with Gasteiger partial charge in [-0.05, 0) is 24.3 Å². The van der Waals surface area contributed by atoms with Crippen LogP contribution in [0.3, 0.4) is 0 Å². The standard InChI is InChI=1S/C12H9FN4/c13-10-4-2-1-3-9(10)12-15-11-6-5-8(14)7-17(11)16-12/h1-7H,14H2. The summed E-state index contributed by atoms with van der Waals surface area (Å²) in [6.45, 7) is 0. The molecule has 3 aromatic rings. The molecule has 0 fully saturated rings. The van der Waals surface area contributed by atoms with Crippen molar-refractivity contribution in [3.8, 4) is 11.4 Å². The van der Waals surface area contributed by atoms with E-state index in [-0.39, 0.29) is 5.82 Å². The van der Waals surface area contributed by atoms with E-state index in [9.17, 15) is 4.39 Å². The van der Waals surface area contributed by atoms with Gasteiger partial charge in [0.05, 0.1) is 17.4 Å². The number of hydrogen-bond acceptors (Lipinski definition) is 3. The second-order valence-electron chi connectivity index (χ2n) is 3.68. The molecule has 2 aromatic heterocycles. The van der Waals surface area contributed by atoms with E-state index < -0.39 is 0 Å². The minimum atomic E-state index is -0.337. The Morgan fingerprint density at radius 3 is 2.76 bits per heavy atom. The largest absolute Gasteiger partial charge is 0.397 e. The van der Waals surface area contributed by atoms with Gasteiger partial charge in [0, 0.05) is 0 Å². The van der Waals surface area contributed by atoms with E-state index in [1.807, 2.05) is 0 Å². The molecule has 0 spiro atoms. The number of fused-ring (bicyclic) bond motifs is 1. The second kappa shape index (κ2) is 3.55. The number of aromatic nitrogens is 3. The summed E-state index contributed by atoms with van der Waals surface area (Å²) < 4.78 is 15.1. The van der Waals surface area contributed by atoms with E-state index in [2.05, 4.69) is 10.1 Å². The highest BCUT2D eigenvalue weighted by Gasteiger charge is 2.10. The Bertz CT molecular complexity index is 690. The molecule has 3 rings (SSSR count). The van der Waals surface area contributed by atoms with Crippen molar-refractivity contribution in [1.82, 2.24) is 14.6 Å². The molecule has 0 saturated carbocycles. The van der Waals surface area contributed by atoms with Crippen LogP contribution in [0.1, 0.15) is 0 Å². The predicted octanol–water partition coefficient (Wildman–Crippen LogP) is 2.12. The van der Waals surface area contributed by atoms with Crippen molar-refractivity contribution in [2.75, 3.05) is 5.73 Å². The van der Waals surface area contributed by atoms with Crippen molar-refractivity contribution in [3.63, 3.8) is 0 Å². The topological polar surface area (TPSA) is 56.2 Å². The zero-order valence-corrected chi connectivity index (χ0v) is 8.84. The molecule has 0 bridgehead atoms. The van der Waals surface area contributed by atoms with Gasteiger partial charge < -0.3 is 5.73 Å². The molecule has 84 valence electrons. The lowest BCUT2D eigenvalue weighted by Crippen LogP contribution is -1.91. The maximum absolute atomic E-state index is 13.6. The van der Waals surface area contributed by atoms with Gasteiger partial charge in [0.1, 0.15) is 5.82 Å². The van der Waals surface area contributed by atoms with Gasteiger partial charge in [0.2, 0.25) is 0 Å². The minimum absolute atomic E-state index is 0.337. The Labute approximate surface area is 96.5 Å². The van der Waals surface area contributed by atoms with Crippen molar-refractivity contribution in [2.24, 2.45) is 0 Å². The summed E-state index contributed by atoms with van der Waals surface area (Å²) in [5.74, 6) is 0.0186. The van der Waals surface area contributed by atoms with Crippen LogP contribution in [-0.4, -0.2) is 14.6 Å². The van der Waals surface area contributed by atoms with Crippen LogP contribution in [0.5, 0.6) is 0 Å². The lowest BCUT2D eigenvalue weighted by molar-refractivity contribution is 0.630. The van der Waals surface area contributed by atoms with Crippen LogP contribution in [0.4, 0.5) is 10.1 Å². The molecule has 0 aliphatic rings. The lowest BCUT2D eigenvalue weighted by Gasteiger charge is -1.95. The van der Waals surface area contributed by atoms with Gasteiger partial charge >= 0.3 is 0 Å². The number of rotatable bonds is 1. The van der Waals surface area contributed by atoms with Crippen LogP contribution >= 0.6 is 0 Å². The summed E-state index contributed by atoms with van der Waals surface area (Å²) >= 11 is 0. The number of pyridine rings is 1. The van der Waals surface area contributed by atoms with Crippen LogP contribution < -0.4 is 5.73 Å². The molecule has 0 amide bonds. The van der Waals surface area contributed by atoms with Gasteiger partial charge in [0.15, 0.2) is 11.5 Å². The maximum Gasteiger partial charge on any atom is 0.185 e. The summed E-state index contributed by atoms with van der Waals surface area (Å²) in [5.41, 5.74) is 7.25. The smallest absolute Gasteiger partial charge is 0.185 e. The first-order chi connectivity index (χ1) is 8.24. The molecular weight excluding hydrogens is 219 g/mol. The van der Waals surface area contributed by atoms with Crippen LogP contribution in [0.25, 0.3) is 17.0 Å². The Kier molecular flexibility index (Phi) is 2.04. The number of nitrogens with two attached hydrogens (primary N) is 1. The summed E-state index contributed by atoms with van der Waals surface area (Å²) in [4.78, 5) is 4.24. The molecule has 4 nitrogen and oxygen atoms in total. The van der Waals surface area contributed by atoms with Gasteiger partial charge in [-0.3, -0.25) is 0 Å². The van der Waals surface area contributed by atoms with E-state index in [0.717, 1.165) is 0 Å². The number of hydrogen-bond donors (Lipinski definition) is 1. The Morgan fingerprint density at radius 1 is 1.12 bits per heavy atom. The minimum Gasteiger partial charge on any atom is -0.397 e. The molecule has 0 aliphatic carbocycles. The number of nitrogen functional groups attached to an aromatic ring is 1. The summed E-state index contributed by atoms with van der Waals surface area (Å²) in [7, 11) is 0. The van der Waals surface area contributed by atoms with Gasteiger partial charge in [-0.15, -0.1) is 5.10 Å². The fourth-order valence-electron chi connectivity index (χ4n) is 1.66. The monoisotopic (exact) mass is 228 g/mol. The average molecular weight is 228 g/mol. The zero-order chi connectivity index (χ0) is 11.8. The van der Waals surface area contributed by atoms with Gasteiger partial charge in [-0.1, -0.05) is 12.1 Å². The third kappa shape index (κ3) is 1.61. The van der Waals surface area contributed by atoms with Crippen molar-refractivity contribution < 1.29 is 4.39 Å². The lowest BCUT2D eigenvalue weighted by atomic mass is 10.2. The van der Waals surface area contributed by atoms with Crippen molar-refractivity contribution >= 4 is 11.3 Å². The van der Waals surface area contributed by atoms with Gasteiger partial charge in [-0.25, -0.2) is 13.9 Å². The van der Waals surface area contributed by atoms with E-state index in [1.165, 1.54) is 10.6 Å². The summed E-state index contributed by atoms with van der Waals surface area (Å²) in [5, 5.41) is 4.19. The third-order valence-corrected chi connectivity index (χ3v) is 2.47. The molecule has 0 radical (unpaired) electrons. The molecule has 0 aliphatic heterocycles. The van der Waals surface area contributed by atoms with Crippen molar-refractivity contribution in [3.05, 3.63) is 48.4 Å². The fourth-order valence-corrected chi connectivity index (χ4v) is 1.66. The predicted molar refractivity (Wildman–Crippen MR) is 62.8 cm³/mol. The molecule has 0 atom stereocenters. The molecule has 5 heteroatoms. The highest BCUT2D eigenvalue weighted by Crippen LogP contribution is 2.19. The molecule has 0 saturated heterocycles. The highest BCUT2D eigenvalue weighted by molar-refractivity contribution is 5.59. The third-order valence-electron chi connectivity index (χ3n) is 2.47. The van der Waals surface area contributed by atoms with Crippen molar-refractivity contribution in [1.29, 1.82) is 0 Å². The van der Waals surface area contributed by atoms with Crippen molar-refractivity contribution in [2.45, 2.75) is 0 Å². The molecule has 1 aromatic carbocycles. The molecule has 17 heavy (non-hydrogen) atoms. The second-order valence-corrected chi connectivity index (χ2v) is 3.68. The van der Waals surface area contributed by atoms with Gasteiger partial charge in [0.25, 0.3) is 0 Å². The normalized spacial score (nSPS) is 10.9. The Hall–Kier alpha value is -2.43. The zero-order valence-electron chi connectivity index (χ0n) is 8.84. The quantitative estimate of drug-likeness (QED) is 0.694. The van der Waals surface area contributed by atoms with E-state index in [0.29, 0.717) is 22.7 Å². The van der Waals surface area contributed by atoms with Gasteiger partial charge in [-0.2, -0.15) is 0 Å². The van der Waals surface area contributed by atoms with Crippen LogP contribution in [0.15, 0.2) is 42.6 Å². The SMILES string of the molecule is Nc1ccc2nc(-c3ccccc3F)nn2c1. The molecule has 2 N–H and O–H groups in total. The van der Waals surface area contributed by atoms with Crippen LogP contribution in [0.2, 0.25) is 0 Å². The Morgan fingerprint density at radius 2 is 1.94 bits per heavy atom. The first-order valence-electron chi connectivity index (χ1n) is 5.11. The highest BCUT2D eigenvalue weighted by atomic mass is 19.1. The number of halogens is 1. The fraction of sp³-hybridized carbons (Fsp3) is 0. The van der Waals surface area contributed by atoms with E-state index in [1.54, 1.807) is 36.5 Å². The van der Waals surface area contributed by atoms with Crippen LogP contribution in [0, 0.1) is 5.82 Å².